The summed E-state index contributed by atoms with van der Waals surface area (Å²) in [6.45, 7) is 4.35. The van der Waals surface area contributed by atoms with E-state index in [4.69, 9.17) is 0 Å². The minimum Gasteiger partial charge on any atom is -0.393 e. The van der Waals surface area contributed by atoms with Crippen LogP contribution in [0.3, 0.4) is 0 Å². The van der Waals surface area contributed by atoms with E-state index in [0.717, 1.165) is 18.8 Å². The van der Waals surface area contributed by atoms with Gasteiger partial charge in [-0.15, -0.1) is 0 Å². The van der Waals surface area contributed by atoms with E-state index in [0.29, 0.717) is 0 Å². The normalized spacial score (nSPS) is 25.7. The van der Waals surface area contributed by atoms with Crippen molar-refractivity contribution >= 4 is 0 Å². The fourth-order valence-electron chi connectivity index (χ4n) is 2.61. The van der Waals surface area contributed by atoms with Gasteiger partial charge in [-0.2, -0.15) is 0 Å². The molecule has 1 fully saturated rings. The van der Waals surface area contributed by atoms with Crippen LogP contribution >= 0.6 is 0 Å². The van der Waals surface area contributed by atoms with Gasteiger partial charge in [0, 0.05) is 0 Å². The predicted molar refractivity (Wildman–Crippen MR) is 67.6 cm³/mol. The summed E-state index contributed by atoms with van der Waals surface area (Å²) in [5.74, 6) is 0.783. The summed E-state index contributed by atoms with van der Waals surface area (Å²) in [4.78, 5) is 0. The molecule has 88 valence electrons. The topological polar surface area (TPSA) is 20.2 Å². The minimum atomic E-state index is -0.0315. The van der Waals surface area contributed by atoms with E-state index in [9.17, 15) is 5.11 Å². The number of aliphatic hydroxyl groups excluding tert-OH is 1. The summed E-state index contributed by atoms with van der Waals surface area (Å²) in [6, 6.07) is 6.80. The minimum absolute atomic E-state index is 0.0315. The van der Waals surface area contributed by atoms with Gasteiger partial charge < -0.3 is 5.11 Å². The quantitative estimate of drug-likeness (QED) is 0.806. The average Bonchev–Trinajstić information content (AvgIpc) is 2.27. The van der Waals surface area contributed by atoms with Gasteiger partial charge in [0.1, 0.15) is 0 Å². The van der Waals surface area contributed by atoms with Crippen LogP contribution in [0.4, 0.5) is 0 Å². The van der Waals surface area contributed by atoms with Crippen molar-refractivity contribution in [2.24, 2.45) is 5.92 Å². The second-order valence-corrected chi connectivity index (χ2v) is 5.30. The standard InChI is InChI=1S/C15H22O/c1-11-3-4-14(9-12(11)2)10-13-5-7-15(16)8-6-13/h3-4,9,13,15-16H,5-8,10H2,1-2H3. The highest BCUT2D eigenvalue weighted by Gasteiger charge is 2.19. The maximum absolute atomic E-state index is 9.47. The van der Waals surface area contributed by atoms with Crippen molar-refractivity contribution in [1.29, 1.82) is 0 Å². The molecular weight excluding hydrogens is 196 g/mol. The number of rotatable bonds is 2. The molecule has 1 N–H and O–H groups in total. The first-order valence-corrected chi connectivity index (χ1v) is 6.39. The molecular formula is C15H22O. The fourth-order valence-corrected chi connectivity index (χ4v) is 2.61. The van der Waals surface area contributed by atoms with E-state index in [1.807, 2.05) is 0 Å². The number of aliphatic hydroxyl groups is 1. The van der Waals surface area contributed by atoms with Crippen LogP contribution in [0.1, 0.15) is 42.4 Å². The van der Waals surface area contributed by atoms with Gasteiger partial charge in [-0.05, 0) is 68.6 Å². The van der Waals surface area contributed by atoms with Crippen LogP contribution in [0.15, 0.2) is 18.2 Å². The second-order valence-electron chi connectivity index (χ2n) is 5.30. The van der Waals surface area contributed by atoms with Crippen molar-refractivity contribution in [3.8, 4) is 0 Å². The number of hydrogen-bond donors (Lipinski definition) is 1. The van der Waals surface area contributed by atoms with Crippen molar-refractivity contribution in [2.45, 2.75) is 52.1 Å². The molecule has 16 heavy (non-hydrogen) atoms. The number of hydrogen-bond acceptors (Lipinski definition) is 1. The molecule has 2 rings (SSSR count). The first-order valence-electron chi connectivity index (χ1n) is 6.39. The highest BCUT2D eigenvalue weighted by atomic mass is 16.3. The molecule has 0 radical (unpaired) electrons. The molecule has 0 saturated heterocycles. The Hall–Kier alpha value is -0.820. The summed E-state index contributed by atoms with van der Waals surface area (Å²) >= 11 is 0. The molecule has 1 aromatic rings. The Bertz CT molecular complexity index is 348. The van der Waals surface area contributed by atoms with Crippen LogP contribution in [0, 0.1) is 19.8 Å². The van der Waals surface area contributed by atoms with Crippen LogP contribution in [-0.2, 0) is 6.42 Å². The van der Waals surface area contributed by atoms with Gasteiger partial charge in [0.05, 0.1) is 6.10 Å². The average molecular weight is 218 g/mol. The monoisotopic (exact) mass is 218 g/mol. The largest absolute Gasteiger partial charge is 0.393 e. The van der Waals surface area contributed by atoms with E-state index >= 15 is 0 Å². The van der Waals surface area contributed by atoms with Crippen molar-refractivity contribution in [3.05, 3.63) is 34.9 Å². The molecule has 1 saturated carbocycles. The van der Waals surface area contributed by atoms with Crippen LogP contribution in [0.25, 0.3) is 0 Å². The van der Waals surface area contributed by atoms with Crippen molar-refractivity contribution in [3.63, 3.8) is 0 Å². The lowest BCUT2D eigenvalue weighted by atomic mass is 9.83. The molecule has 1 aliphatic rings. The Labute approximate surface area is 98.5 Å². The number of benzene rings is 1. The van der Waals surface area contributed by atoms with Crippen LogP contribution in [-0.4, -0.2) is 11.2 Å². The SMILES string of the molecule is Cc1ccc(CC2CCC(O)CC2)cc1C. The van der Waals surface area contributed by atoms with Crippen molar-refractivity contribution in [1.82, 2.24) is 0 Å². The van der Waals surface area contributed by atoms with E-state index in [-0.39, 0.29) is 6.10 Å². The van der Waals surface area contributed by atoms with Crippen LogP contribution in [0.5, 0.6) is 0 Å². The van der Waals surface area contributed by atoms with Crippen LogP contribution in [0.2, 0.25) is 0 Å². The van der Waals surface area contributed by atoms with Crippen molar-refractivity contribution in [2.75, 3.05) is 0 Å². The molecule has 0 atom stereocenters. The molecule has 1 aliphatic carbocycles. The van der Waals surface area contributed by atoms with Gasteiger partial charge >= 0.3 is 0 Å². The maximum atomic E-state index is 9.47. The molecule has 1 nitrogen and oxygen atoms in total. The number of aryl methyl sites for hydroxylation is 2. The third-order valence-electron chi connectivity index (χ3n) is 3.91. The van der Waals surface area contributed by atoms with Gasteiger partial charge in [-0.25, -0.2) is 0 Å². The molecule has 1 aromatic carbocycles. The summed E-state index contributed by atoms with van der Waals surface area (Å²) in [5, 5.41) is 9.47. The molecule has 0 aromatic heterocycles. The summed E-state index contributed by atoms with van der Waals surface area (Å²) in [5.41, 5.74) is 4.24. The summed E-state index contributed by atoms with van der Waals surface area (Å²) < 4.78 is 0. The zero-order chi connectivity index (χ0) is 11.5. The fraction of sp³-hybridized carbons (Fsp3) is 0.600. The summed E-state index contributed by atoms with van der Waals surface area (Å²) in [6.07, 6.45) is 5.53. The predicted octanol–water partition coefficient (Wildman–Crippen LogP) is 3.40. The lowest BCUT2D eigenvalue weighted by molar-refractivity contribution is 0.109. The first-order chi connectivity index (χ1) is 7.65. The molecule has 0 amide bonds. The Balaban J connectivity index is 1.96. The Morgan fingerprint density at radius 2 is 1.75 bits per heavy atom. The maximum Gasteiger partial charge on any atom is 0.0540 e. The smallest absolute Gasteiger partial charge is 0.0540 e. The van der Waals surface area contributed by atoms with Crippen LogP contribution < -0.4 is 0 Å². The van der Waals surface area contributed by atoms with Gasteiger partial charge in [-0.3, -0.25) is 0 Å². The Morgan fingerprint density at radius 3 is 2.38 bits per heavy atom. The molecule has 0 heterocycles. The van der Waals surface area contributed by atoms with E-state index in [1.165, 1.54) is 36.0 Å². The lowest BCUT2D eigenvalue weighted by Crippen LogP contribution is -2.19. The highest BCUT2D eigenvalue weighted by Crippen LogP contribution is 2.27. The van der Waals surface area contributed by atoms with E-state index in [2.05, 4.69) is 32.0 Å². The zero-order valence-electron chi connectivity index (χ0n) is 10.4. The molecule has 0 aliphatic heterocycles. The van der Waals surface area contributed by atoms with Gasteiger partial charge in [0.2, 0.25) is 0 Å². The highest BCUT2D eigenvalue weighted by molar-refractivity contribution is 5.30. The molecule has 0 unspecified atom stereocenters. The third kappa shape index (κ3) is 2.85. The Kier molecular flexibility index (Phi) is 3.65. The second kappa shape index (κ2) is 5.01. The first kappa shape index (κ1) is 11.7. The lowest BCUT2D eigenvalue weighted by Gasteiger charge is -2.25. The zero-order valence-corrected chi connectivity index (χ0v) is 10.4. The molecule has 0 spiro atoms. The molecule has 0 bridgehead atoms. The van der Waals surface area contributed by atoms with Gasteiger partial charge in [-0.1, -0.05) is 18.2 Å². The van der Waals surface area contributed by atoms with Gasteiger partial charge in [0.15, 0.2) is 0 Å². The van der Waals surface area contributed by atoms with E-state index < -0.39 is 0 Å². The third-order valence-corrected chi connectivity index (χ3v) is 3.91. The van der Waals surface area contributed by atoms with Gasteiger partial charge in [0.25, 0.3) is 0 Å². The summed E-state index contributed by atoms with van der Waals surface area (Å²) in [7, 11) is 0. The van der Waals surface area contributed by atoms with Crippen molar-refractivity contribution < 1.29 is 5.11 Å². The molecule has 1 heteroatoms. The Morgan fingerprint density at radius 1 is 1.06 bits per heavy atom. The van der Waals surface area contributed by atoms with E-state index in [1.54, 1.807) is 0 Å².